The van der Waals surface area contributed by atoms with Crippen LogP contribution in [-0.2, 0) is 12.8 Å². The summed E-state index contributed by atoms with van der Waals surface area (Å²) in [5.41, 5.74) is 4.23. The molecule has 5 nitrogen and oxygen atoms in total. The van der Waals surface area contributed by atoms with Crippen LogP contribution < -0.4 is 5.32 Å². The standard InChI is InChI=1S/C15H20N4O/c1-9-13(10(2)20-19-9)15-17-12-8-6-4-5-7-11(12)14(16-3)18-15/h4-8H2,1-3H3,(H,16,17,18). The van der Waals surface area contributed by atoms with Crippen molar-refractivity contribution in [2.45, 2.75) is 46.0 Å². The van der Waals surface area contributed by atoms with Gasteiger partial charge in [0.1, 0.15) is 11.6 Å². The maximum absolute atomic E-state index is 5.24. The molecule has 5 heteroatoms. The van der Waals surface area contributed by atoms with Crippen molar-refractivity contribution in [3.63, 3.8) is 0 Å². The quantitative estimate of drug-likeness (QED) is 0.851. The molecule has 0 saturated carbocycles. The Bertz CT molecular complexity index is 614. The molecule has 2 heterocycles. The molecule has 0 atom stereocenters. The van der Waals surface area contributed by atoms with Gasteiger partial charge in [-0.15, -0.1) is 0 Å². The lowest BCUT2D eigenvalue weighted by Gasteiger charge is -2.12. The zero-order chi connectivity index (χ0) is 14.1. The molecular formula is C15H20N4O. The van der Waals surface area contributed by atoms with Gasteiger partial charge >= 0.3 is 0 Å². The monoisotopic (exact) mass is 272 g/mol. The Labute approximate surface area is 118 Å². The lowest BCUT2D eigenvalue weighted by atomic mass is 10.1. The third-order valence-electron chi connectivity index (χ3n) is 3.93. The lowest BCUT2D eigenvalue weighted by Crippen LogP contribution is -2.07. The van der Waals surface area contributed by atoms with E-state index in [-0.39, 0.29) is 0 Å². The van der Waals surface area contributed by atoms with Crippen LogP contribution in [0.5, 0.6) is 0 Å². The number of nitrogens with one attached hydrogen (secondary N) is 1. The maximum atomic E-state index is 5.24. The molecule has 0 aliphatic heterocycles. The fraction of sp³-hybridized carbons (Fsp3) is 0.533. The SMILES string of the molecule is CNc1nc(-c2c(C)noc2C)nc2c1CCCCC2. The molecular weight excluding hydrogens is 252 g/mol. The number of hydrogen-bond donors (Lipinski definition) is 1. The number of nitrogens with zero attached hydrogens (tertiary/aromatic N) is 3. The van der Waals surface area contributed by atoms with E-state index in [9.17, 15) is 0 Å². The third kappa shape index (κ3) is 2.17. The van der Waals surface area contributed by atoms with Gasteiger partial charge in [0.05, 0.1) is 11.3 Å². The van der Waals surface area contributed by atoms with Gasteiger partial charge in [-0.2, -0.15) is 0 Å². The molecule has 0 radical (unpaired) electrons. The summed E-state index contributed by atoms with van der Waals surface area (Å²) in [6, 6.07) is 0. The minimum absolute atomic E-state index is 0.728. The van der Waals surface area contributed by atoms with Crippen LogP contribution in [-0.4, -0.2) is 22.2 Å². The highest BCUT2D eigenvalue weighted by atomic mass is 16.5. The molecule has 3 rings (SSSR count). The van der Waals surface area contributed by atoms with Gasteiger partial charge in [-0.05, 0) is 39.5 Å². The van der Waals surface area contributed by atoms with Crippen LogP contribution in [0.25, 0.3) is 11.4 Å². The van der Waals surface area contributed by atoms with Gasteiger partial charge in [0, 0.05) is 18.3 Å². The molecule has 1 aliphatic rings. The molecule has 1 N–H and O–H groups in total. The first-order valence-electron chi connectivity index (χ1n) is 7.21. The topological polar surface area (TPSA) is 63.8 Å². The minimum Gasteiger partial charge on any atom is -0.373 e. The minimum atomic E-state index is 0.728. The van der Waals surface area contributed by atoms with Gasteiger partial charge in [0.2, 0.25) is 0 Å². The Hall–Kier alpha value is -1.91. The third-order valence-corrected chi connectivity index (χ3v) is 3.93. The number of hydrogen-bond acceptors (Lipinski definition) is 5. The first-order valence-corrected chi connectivity index (χ1v) is 7.21. The van der Waals surface area contributed by atoms with E-state index in [1.54, 1.807) is 0 Å². The van der Waals surface area contributed by atoms with Crippen molar-refractivity contribution in [1.29, 1.82) is 0 Å². The van der Waals surface area contributed by atoms with Crippen LogP contribution in [0.4, 0.5) is 5.82 Å². The second kappa shape index (κ2) is 5.23. The van der Waals surface area contributed by atoms with Crippen molar-refractivity contribution >= 4 is 5.82 Å². The van der Waals surface area contributed by atoms with Crippen LogP contribution in [0, 0.1) is 13.8 Å². The lowest BCUT2D eigenvalue weighted by molar-refractivity contribution is 0.393. The van der Waals surface area contributed by atoms with Crippen molar-refractivity contribution in [3.05, 3.63) is 22.7 Å². The second-order valence-corrected chi connectivity index (χ2v) is 5.33. The number of fused-ring (bicyclic) bond motifs is 1. The van der Waals surface area contributed by atoms with Gasteiger partial charge in [0.15, 0.2) is 5.82 Å². The van der Waals surface area contributed by atoms with E-state index in [2.05, 4.69) is 15.5 Å². The Morgan fingerprint density at radius 2 is 1.85 bits per heavy atom. The highest BCUT2D eigenvalue weighted by Crippen LogP contribution is 2.30. The van der Waals surface area contributed by atoms with E-state index in [4.69, 9.17) is 9.51 Å². The molecule has 0 aromatic carbocycles. The molecule has 0 bridgehead atoms. The van der Waals surface area contributed by atoms with E-state index in [0.717, 1.165) is 41.5 Å². The Kier molecular flexibility index (Phi) is 3.42. The van der Waals surface area contributed by atoms with Crippen LogP contribution in [0.3, 0.4) is 0 Å². The summed E-state index contributed by atoms with van der Waals surface area (Å²) in [6.45, 7) is 3.84. The second-order valence-electron chi connectivity index (χ2n) is 5.33. The van der Waals surface area contributed by atoms with E-state index in [0.29, 0.717) is 0 Å². The van der Waals surface area contributed by atoms with Gasteiger partial charge < -0.3 is 9.84 Å². The van der Waals surface area contributed by atoms with Crippen molar-refractivity contribution in [2.24, 2.45) is 0 Å². The first-order chi connectivity index (χ1) is 9.70. The number of rotatable bonds is 2. The molecule has 2 aromatic rings. The van der Waals surface area contributed by atoms with Crippen molar-refractivity contribution in [2.75, 3.05) is 12.4 Å². The molecule has 0 fully saturated rings. The average molecular weight is 272 g/mol. The largest absolute Gasteiger partial charge is 0.373 e. The van der Waals surface area contributed by atoms with E-state index < -0.39 is 0 Å². The predicted octanol–water partition coefficient (Wildman–Crippen LogP) is 3.06. The maximum Gasteiger partial charge on any atom is 0.167 e. The predicted molar refractivity (Wildman–Crippen MR) is 77.8 cm³/mol. The summed E-state index contributed by atoms with van der Waals surface area (Å²) < 4.78 is 5.24. The van der Waals surface area contributed by atoms with Crippen LogP contribution in [0.15, 0.2) is 4.52 Å². The molecule has 0 saturated heterocycles. The summed E-state index contributed by atoms with van der Waals surface area (Å²) >= 11 is 0. The summed E-state index contributed by atoms with van der Waals surface area (Å²) in [5.74, 6) is 2.45. The smallest absolute Gasteiger partial charge is 0.167 e. The molecule has 2 aromatic heterocycles. The molecule has 0 spiro atoms. The average Bonchev–Trinajstić information content (AvgIpc) is 2.66. The van der Waals surface area contributed by atoms with Crippen LogP contribution in [0.2, 0.25) is 0 Å². The van der Waals surface area contributed by atoms with Crippen molar-refractivity contribution < 1.29 is 4.52 Å². The summed E-state index contributed by atoms with van der Waals surface area (Å²) in [7, 11) is 1.92. The van der Waals surface area contributed by atoms with Gasteiger partial charge in [0.25, 0.3) is 0 Å². The fourth-order valence-electron chi connectivity index (χ4n) is 2.89. The number of anilines is 1. The summed E-state index contributed by atoms with van der Waals surface area (Å²) in [4.78, 5) is 9.48. The molecule has 0 unspecified atom stereocenters. The number of aromatic nitrogens is 3. The molecule has 20 heavy (non-hydrogen) atoms. The highest BCUT2D eigenvalue weighted by molar-refractivity contribution is 5.63. The van der Waals surface area contributed by atoms with Gasteiger partial charge in [-0.3, -0.25) is 0 Å². The first kappa shape index (κ1) is 13.1. The molecule has 106 valence electrons. The Morgan fingerprint density at radius 1 is 1.05 bits per heavy atom. The molecule has 0 amide bonds. The highest BCUT2D eigenvalue weighted by Gasteiger charge is 2.20. The summed E-state index contributed by atoms with van der Waals surface area (Å²) in [5, 5.41) is 7.23. The normalized spacial score (nSPS) is 14.8. The van der Waals surface area contributed by atoms with Crippen molar-refractivity contribution in [3.8, 4) is 11.4 Å². The van der Waals surface area contributed by atoms with Gasteiger partial charge in [-0.1, -0.05) is 11.6 Å². The number of aryl methyl sites for hydroxylation is 3. The van der Waals surface area contributed by atoms with Gasteiger partial charge in [-0.25, -0.2) is 9.97 Å². The van der Waals surface area contributed by atoms with Crippen LogP contribution >= 0.6 is 0 Å². The Morgan fingerprint density at radius 3 is 2.55 bits per heavy atom. The van der Waals surface area contributed by atoms with Crippen molar-refractivity contribution in [1.82, 2.24) is 15.1 Å². The van der Waals surface area contributed by atoms with E-state index in [1.807, 2.05) is 20.9 Å². The fourth-order valence-corrected chi connectivity index (χ4v) is 2.89. The van der Waals surface area contributed by atoms with Crippen LogP contribution in [0.1, 0.15) is 42.0 Å². The summed E-state index contributed by atoms with van der Waals surface area (Å²) in [6.07, 6.45) is 5.78. The zero-order valence-corrected chi connectivity index (χ0v) is 12.3. The van der Waals surface area contributed by atoms with E-state index >= 15 is 0 Å². The zero-order valence-electron chi connectivity index (χ0n) is 12.3. The molecule has 1 aliphatic carbocycles. The Balaban J connectivity index is 2.16. The van der Waals surface area contributed by atoms with E-state index in [1.165, 1.54) is 30.5 Å².